The number of hydrogen-bond acceptors (Lipinski definition) is 2. The van der Waals surface area contributed by atoms with E-state index in [-0.39, 0.29) is 11.9 Å². The molecule has 1 aromatic heterocycles. The molecule has 4 rings (SSSR count). The number of hydrogen-bond donors (Lipinski definition) is 0. The Kier molecular flexibility index (Phi) is 3.88. The first kappa shape index (κ1) is 15.4. The SMILES string of the molecule is Cc1nc2ccccc2n1[C@H]1CCN(C(=O)c2ccccc2Br)C1. The molecule has 2 aromatic carbocycles. The number of likely N-dealkylation sites (tertiary alicyclic amines) is 1. The van der Waals surface area contributed by atoms with Crippen molar-refractivity contribution in [2.75, 3.05) is 13.1 Å². The van der Waals surface area contributed by atoms with Crippen LogP contribution < -0.4 is 0 Å². The smallest absolute Gasteiger partial charge is 0.255 e. The summed E-state index contributed by atoms with van der Waals surface area (Å²) in [5, 5.41) is 0. The number of carbonyl (C=O) groups excluding carboxylic acids is 1. The van der Waals surface area contributed by atoms with Crippen LogP contribution in [0, 0.1) is 6.92 Å². The maximum Gasteiger partial charge on any atom is 0.255 e. The number of benzene rings is 2. The van der Waals surface area contributed by atoms with E-state index >= 15 is 0 Å². The van der Waals surface area contributed by atoms with Crippen LogP contribution in [0.25, 0.3) is 11.0 Å². The van der Waals surface area contributed by atoms with Gasteiger partial charge < -0.3 is 9.47 Å². The third-order valence-electron chi connectivity index (χ3n) is 4.69. The van der Waals surface area contributed by atoms with Gasteiger partial charge in [0.05, 0.1) is 22.6 Å². The van der Waals surface area contributed by atoms with Crippen molar-refractivity contribution in [1.82, 2.24) is 14.5 Å². The number of aromatic nitrogens is 2. The molecule has 24 heavy (non-hydrogen) atoms. The van der Waals surface area contributed by atoms with Crippen LogP contribution in [0.4, 0.5) is 0 Å². The molecule has 5 heteroatoms. The molecule has 0 spiro atoms. The molecule has 2 heterocycles. The van der Waals surface area contributed by atoms with Gasteiger partial charge in [0.1, 0.15) is 5.82 Å². The minimum atomic E-state index is 0.0899. The lowest BCUT2D eigenvalue weighted by Crippen LogP contribution is -2.29. The quantitative estimate of drug-likeness (QED) is 0.665. The predicted octanol–water partition coefficient (Wildman–Crippen LogP) is 4.19. The third-order valence-corrected chi connectivity index (χ3v) is 5.38. The van der Waals surface area contributed by atoms with Gasteiger partial charge in [0.25, 0.3) is 5.91 Å². The number of para-hydroxylation sites is 2. The normalized spacial score (nSPS) is 17.6. The number of amides is 1. The summed E-state index contributed by atoms with van der Waals surface area (Å²) in [6, 6.07) is 16.1. The largest absolute Gasteiger partial charge is 0.336 e. The monoisotopic (exact) mass is 383 g/mol. The molecule has 4 nitrogen and oxygen atoms in total. The summed E-state index contributed by atoms with van der Waals surface area (Å²) in [6.07, 6.45) is 0.956. The van der Waals surface area contributed by atoms with E-state index in [1.807, 2.05) is 54.3 Å². The molecule has 0 bridgehead atoms. The van der Waals surface area contributed by atoms with Crippen LogP contribution in [-0.2, 0) is 0 Å². The van der Waals surface area contributed by atoms with Crippen molar-refractivity contribution in [1.29, 1.82) is 0 Å². The molecule has 0 radical (unpaired) electrons. The summed E-state index contributed by atoms with van der Waals surface area (Å²) in [4.78, 5) is 19.4. The zero-order valence-electron chi connectivity index (χ0n) is 13.4. The van der Waals surface area contributed by atoms with Crippen molar-refractivity contribution in [2.45, 2.75) is 19.4 Å². The first-order chi connectivity index (χ1) is 11.6. The van der Waals surface area contributed by atoms with Crippen LogP contribution >= 0.6 is 15.9 Å². The Bertz CT molecular complexity index is 918. The van der Waals surface area contributed by atoms with Crippen molar-refractivity contribution in [3.05, 3.63) is 64.4 Å². The summed E-state index contributed by atoms with van der Waals surface area (Å²) in [5.74, 6) is 1.10. The molecule has 1 aliphatic rings. The Morgan fingerprint density at radius 2 is 1.92 bits per heavy atom. The maximum absolute atomic E-state index is 12.8. The highest BCUT2D eigenvalue weighted by molar-refractivity contribution is 9.10. The van der Waals surface area contributed by atoms with Gasteiger partial charge in [-0.3, -0.25) is 4.79 Å². The van der Waals surface area contributed by atoms with Crippen LogP contribution in [0.1, 0.15) is 28.6 Å². The first-order valence-corrected chi connectivity index (χ1v) is 8.92. The second kappa shape index (κ2) is 6.06. The molecule has 0 aliphatic carbocycles. The highest BCUT2D eigenvalue weighted by Crippen LogP contribution is 2.29. The molecule has 1 amide bonds. The first-order valence-electron chi connectivity index (χ1n) is 8.12. The van der Waals surface area contributed by atoms with E-state index in [2.05, 4.69) is 31.5 Å². The standard InChI is InChI=1S/C19H18BrN3O/c1-13-21-17-8-4-5-9-18(17)23(13)14-10-11-22(12-14)19(24)15-6-2-3-7-16(15)20/h2-9,14H,10-12H2,1H3/t14-/m0/s1. The molecular formula is C19H18BrN3O. The van der Waals surface area contributed by atoms with Gasteiger partial charge in [-0.1, -0.05) is 24.3 Å². The van der Waals surface area contributed by atoms with Gasteiger partial charge in [-0.2, -0.15) is 0 Å². The van der Waals surface area contributed by atoms with Gasteiger partial charge in [-0.25, -0.2) is 4.98 Å². The molecule has 0 N–H and O–H groups in total. The third kappa shape index (κ3) is 2.53. The van der Waals surface area contributed by atoms with Gasteiger partial charge >= 0.3 is 0 Å². The van der Waals surface area contributed by atoms with Crippen LogP contribution in [-0.4, -0.2) is 33.4 Å². The molecule has 122 valence electrons. The molecule has 1 atom stereocenters. The maximum atomic E-state index is 12.8. The number of halogens is 1. The minimum absolute atomic E-state index is 0.0899. The number of fused-ring (bicyclic) bond motifs is 1. The zero-order chi connectivity index (χ0) is 16.7. The molecule has 0 unspecified atom stereocenters. The lowest BCUT2D eigenvalue weighted by Gasteiger charge is -2.19. The van der Waals surface area contributed by atoms with Gasteiger partial charge in [0.2, 0.25) is 0 Å². The number of aryl methyl sites for hydroxylation is 1. The number of carbonyl (C=O) groups is 1. The minimum Gasteiger partial charge on any atom is -0.336 e. The van der Waals surface area contributed by atoms with Crippen molar-refractivity contribution >= 4 is 32.9 Å². The second-order valence-electron chi connectivity index (χ2n) is 6.19. The molecule has 0 saturated carbocycles. The highest BCUT2D eigenvalue weighted by atomic mass is 79.9. The Morgan fingerprint density at radius 3 is 2.75 bits per heavy atom. The van der Waals surface area contributed by atoms with Gasteiger partial charge in [-0.05, 0) is 53.5 Å². The van der Waals surface area contributed by atoms with Crippen LogP contribution in [0.5, 0.6) is 0 Å². The lowest BCUT2D eigenvalue weighted by atomic mass is 10.2. The average molecular weight is 384 g/mol. The molecule has 1 fully saturated rings. The summed E-state index contributed by atoms with van der Waals surface area (Å²) >= 11 is 3.48. The van der Waals surface area contributed by atoms with Crippen molar-refractivity contribution in [3.63, 3.8) is 0 Å². The number of rotatable bonds is 2. The van der Waals surface area contributed by atoms with Crippen molar-refractivity contribution in [3.8, 4) is 0 Å². The fourth-order valence-corrected chi connectivity index (χ4v) is 4.02. The van der Waals surface area contributed by atoms with Crippen molar-refractivity contribution in [2.24, 2.45) is 0 Å². The molecular weight excluding hydrogens is 366 g/mol. The summed E-state index contributed by atoms with van der Waals surface area (Å²) < 4.78 is 3.13. The number of nitrogens with zero attached hydrogens (tertiary/aromatic N) is 3. The summed E-state index contributed by atoms with van der Waals surface area (Å²) in [5.41, 5.74) is 2.89. The van der Waals surface area contributed by atoms with Crippen LogP contribution in [0.3, 0.4) is 0 Å². The average Bonchev–Trinajstić information content (AvgIpc) is 3.18. The van der Waals surface area contributed by atoms with E-state index < -0.39 is 0 Å². The highest BCUT2D eigenvalue weighted by Gasteiger charge is 2.30. The Balaban J connectivity index is 1.61. The van der Waals surface area contributed by atoms with Gasteiger partial charge in [0, 0.05) is 17.6 Å². The number of imidazole rings is 1. The van der Waals surface area contributed by atoms with E-state index in [4.69, 9.17) is 0 Å². The van der Waals surface area contributed by atoms with Gasteiger partial charge in [0.15, 0.2) is 0 Å². The molecule has 1 saturated heterocycles. The van der Waals surface area contributed by atoms with E-state index in [0.717, 1.165) is 46.4 Å². The Morgan fingerprint density at radius 1 is 1.17 bits per heavy atom. The fraction of sp³-hybridized carbons (Fsp3) is 0.263. The van der Waals surface area contributed by atoms with Crippen LogP contribution in [0.2, 0.25) is 0 Å². The van der Waals surface area contributed by atoms with E-state index in [9.17, 15) is 4.79 Å². The molecule has 1 aliphatic heterocycles. The van der Waals surface area contributed by atoms with Crippen LogP contribution in [0.15, 0.2) is 53.0 Å². The van der Waals surface area contributed by atoms with Crippen molar-refractivity contribution < 1.29 is 4.79 Å². The fourth-order valence-electron chi connectivity index (χ4n) is 3.57. The van der Waals surface area contributed by atoms with E-state index in [1.165, 1.54) is 0 Å². The van der Waals surface area contributed by atoms with Gasteiger partial charge in [-0.15, -0.1) is 0 Å². The summed E-state index contributed by atoms with van der Waals surface area (Å²) in [7, 11) is 0. The Labute approximate surface area is 149 Å². The Hall–Kier alpha value is -2.14. The topological polar surface area (TPSA) is 38.1 Å². The van der Waals surface area contributed by atoms with E-state index in [1.54, 1.807) is 0 Å². The summed E-state index contributed by atoms with van der Waals surface area (Å²) in [6.45, 7) is 3.54. The van der Waals surface area contributed by atoms with E-state index in [0.29, 0.717) is 0 Å². The predicted molar refractivity (Wildman–Crippen MR) is 98.2 cm³/mol. The second-order valence-corrected chi connectivity index (χ2v) is 7.05. The lowest BCUT2D eigenvalue weighted by molar-refractivity contribution is 0.0787. The zero-order valence-corrected chi connectivity index (χ0v) is 15.0. The molecule has 3 aromatic rings.